The fraction of sp³-hybridized carbons (Fsp3) is 0.200. The molecule has 0 aliphatic carbocycles. The van der Waals surface area contributed by atoms with Crippen LogP contribution in [-0.2, 0) is 4.79 Å². The third kappa shape index (κ3) is 3.71. The number of rotatable bonds is 4. The van der Waals surface area contributed by atoms with Gasteiger partial charge in [0.2, 0.25) is 0 Å². The van der Waals surface area contributed by atoms with Gasteiger partial charge in [0, 0.05) is 0 Å². The first-order valence-corrected chi connectivity index (χ1v) is 8.14. The molecule has 0 saturated carbocycles. The molecule has 1 heterocycles. The van der Waals surface area contributed by atoms with Gasteiger partial charge in [-0.3, -0.25) is 4.79 Å². The number of aryl methyl sites for hydroxylation is 1. The average Bonchev–Trinajstić information content (AvgIpc) is 2.92. The molecule has 1 aliphatic heterocycles. The van der Waals surface area contributed by atoms with Gasteiger partial charge in [-0.2, -0.15) is 20.3 Å². The minimum absolute atomic E-state index is 0.101. The Labute approximate surface area is 147 Å². The average molecular weight is 332 g/mol. The summed E-state index contributed by atoms with van der Waals surface area (Å²) in [6.07, 6.45) is 1.68. The minimum Gasteiger partial charge on any atom is -0.271 e. The zero-order valence-corrected chi connectivity index (χ0v) is 14.5. The lowest BCUT2D eigenvalue weighted by Gasteiger charge is -2.13. The predicted molar refractivity (Wildman–Crippen MR) is 102 cm³/mol. The zero-order chi connectivity index (χ0) is 17.8. The molecular weight excluding hydrogens is 312 g/mol. The topological polar surface area (TPSA) is 57.4 Å². The standard InChI is InChI=1S/C20H20N4O/c1-14-9-11-17(12-10-14)13-21-22-15(2)19-16(3)23-24(20(19)25)18-7-5-4-6-8-18/h4-13,19H,1-3H3/b21-13+,22-15-. The molecular formula is C20H20N4O. The zero-order valence-electron chi connectivity index (χ0n) is 14.5. The Kier molecular flexibility index (Phi) is 4.84. The maximum absolute atomic E-state index is 12.7. The first-order chi connectivity index (χ1) is 12.1. The van der Waals surface area contributed by atoms with E-state index >= 15 is 0 Å². The van der Waals surface area contributed by atoms with Crippen LogP contribution in [0.15, 0.2) is 69.9 Å². The summed E-state index contributed by atoms with van der Waals surface area (Å²) in [6, 6.07) is 17.4. The van der Waals surface area contributed by atoms with Gasteiger partial charge in [0.05, 0.1) is 23.3 Å². The van der Waals surface area contributed by atoms with Gasteiger partial charge in [-0.05, 0) is 38.5 Å². The number of amides is 1. The fourth-order valence-electron chi connectivity index (χ4n) is 2.70. The number of benzene rings is 2. The smallest absolute Gasteiger partial charge is 0.262 e. The fourth-order valence-corrected chi connectivity index (χ4v) is 2.70. The van der Waals surface area contributed by atoms with Crippen LogP contribution in [0.3, 0.4) is 0 Å². The van der Waals surface area contributed by atoms with Crippen molar-refractivity contribution < 1.29 is 4.79 Å². The first kappa shape index (κ1) is 16.8. The molecule has 5 nitrogen and oxygen atoms in total. The van der Waals surface area contributed by atoms with Crippen molar-refractivity contribution in [2.45, 2.75) is 20.8 Å². The van der Waals surface area contributed by atoms with Gasteiger partial charge in [-0.1, -0.05) is 48.0 Å². The summed E-state index contributed by atoms with van der Waals surface area (Å²) in [6.45, 7) is 5.69. The molecule has 0 fully saturated rings. The number of nitrogens with zero attached hydrogens (tertiary/aromatic N) is 4. The highest BCUT2D eigenvalue weighted by atomic mass is 16.2. The van der Waals surface area contributed by atoms with Crippen LogP contribution in [0.2, 0.25) is 0 Å². The highest BCUT2D eigenvalue weighted by molar-refractivity contribution is 6.27. The molecule has 1 unspecified atom stereocenters. The SMILES string of the molecule is CC1=NN(c2ccccc2)C(=O)C1/C(C)=N\N=C\c1ccc(C)cc1. The number of hydrogen-bond acceptors (Lipinski definition) is 4. The molecule has 25 heavy (non-hydrogen) atoms. The number of anilines is 1. The summed E-state index contributed by atoms with van der Waals surface area (Å²) in [4.78, 5) is 12.7. The van der Waals surface area contributed by atoms with Crippen molar-refractivity contribution in [1.29, 1.82) is 0 Å². The third-order valence-corrected chi connectivity index (χ3v) is 4.05. The van der Waals surface area contributed by atoms with Crippen LogP contribution in [0.5, 0.6) is 0 Å². The van der Waals surface area contributed by atoms with Crippen molar-refractivity contribution in [2.24, 2.45) is 21.2 Å². The van der Waals surface area contributed by atoms with Crippen LogP contribution in [0, 0.1) is 12.8 Å². The summed E-state index contributed by atoms with van der Waals surface area (Å²) in [5.41, 5.74) is 4.27. The number of para-hydroxylation sites is 1. The molecule has 0 N–H and O–H groups in total. The Morgan fingerprint density at radius 3 is 2.44 bits per heavy atom. The van der Waals surface area contributed by atoms with E-state index in [2.05, 4.69) is 15.3 Å². The van der Waals surface area contributed by atoms with E-state index in [0.717, 1.165) is 17.0 Å². The molecule has 0 radical (unpaired) electrons. The summed E-state index contributed by atoms with van der Waals surface area (Å²) in [7, 11) is 0. The van der Waals surface area contributed by atoms with Crippen molar-refractivity contribution in [3.63, 3.8) is 0 Å². The quantitative estimate of drug-likeness (QED) is 0.620. The summed E-state index contributed by atoms with van der Waals surface area (Å²) in [5.74, 6) is -0.564. The van der Waals surface area contributed by atoms with E-state index in [0.29, 0.717) is 5.71 Å². The van der Waals surface area contributed by atoms with Gasteiger partial charge in [-0.15, -0.1) is 0 Å². The molecule has 0 saturated heterocycles. The second kappa shape index (κ2) is 7.21. The maximum atomic E-state index is 12.7. The molecule has 0 aromatic heterocycles. The van der Waals surface area contributed by atoms with Gasteiger partial charge in [-0.25, -0.2) is 0 Å². The van der Waals surface area contributed by atoms with Crippen LogP contribution in [-0.4, -0.2) is 23.5 Å². The summed E-state index contributed by atoms with van der Waals surface area (Å²) < 4.78 is 0. The molecule has 5 heteroatoms. The van der Waals surface area contributed by atoms with E-state index in [9.17, 15) is 4.79 Å². The van der Waals surface area contributed by atoms with E-state index in [1.807, 2.05) is 75.4 Å². The predicted octanol–water partition coefficient (Wildman–Crippen LogP) is 3.83. The Balaban J connectivity index is 1.76. The molecule has 0 spiro atoms. The van der Waals surface area contributed by atoms with Crippen LogP contribution < -0.4 is 5.01 Å². The van der Waals surface area contributed by atoms with Crippen molar-refractivity contribution in [2.75, 3.05) is 5.01 Å². The second-order valence-electron chi connectivity index (χ2n) is 6.06. The van der Waals surface area contributed by atoms with Gasteiger partial charge < -0.3 is 0 Å². The lowest BCUT2D eigenvalue weighted by Crippen LogP contribution is -2.31. The lowest BCUT2D eigenvalue weighted by molar-refractivity contribution is -0.118. The van der Waals surface area contributed by atoms with Crippen LogP contribution >= 0.6 is 0 Å². The van der Waals surface area contributed by atoms with Crippen LogP contribution in [0.25, 0.3) is 0 Å². The van der Waals surface area contributed by atoms with Gasteiger partial charge in [0.25, 0.3) is 5.91 Å². The highest BCUT2D eigenvalue weighted by Gasteiger charge is 2.36. The molecule has 1 aliphatic rings. The lowest BCUT2D eigenvalue weighted by atomic mass is 9.99. The summed E-state index contributed by atoms with van der Waals surface area (Å²) in [5, 5.41) is 14.1. The molecule has 2 aromatic carbocycles. The monoisotopic (exact) mass is 332 g/mol. The third-order valence-electron chi connectivity index (χ3n) is 4.05. The highest BCUT2D eigenvalue weighted by Crippen LogP contribution is 2.24. The van der Waals surface area contributed by atoms with E-state index in [4.69, 9.17) is 0 Å². The summed E-state index contributed by atoms with van der Waals surface area (Å²) >= 11 is 0. The Morgan fingerprint density at radius 1 is 1.08 bits per heavy atom. The number of carbonyl (C=O) groups excluding carboxylic acids is 1. The van der Waals surface area contributed by atoms with Crippen molar-refractivity contribution in [3.8, 4) is 0 Å². The van der Waals surface area contributed by atoms with E-state index < -0.39 is 5.92 Å². The second-order valence-corrected chi connectivity index (χ2v) is 6.06. The largest absolute Gasteiger partial charge is 0.271 e. The normalized spacial score (nSPS) is 18.1. The van der Waals surface area contributed by atoms with E-state index in [1.165, 1.54) is 10.6 Å². The molecule has 1 atom stereocenters. The Morgan fingerprint density at radius 2 is 1.76 bits per heavy atom. The Hall–Kier alpha value is -3.08. The number of hydrazone groups is 1. The van der Waals surface area contributed by atoms with Crippen molar-refractivity contribution in [3.05, 3.63) is 65.7 Å². The van der Waals surface area contributed by atoms with E-state index in [1.54, 1.807) is 6.21 Å². The van der Waals surface area contributed by atoms with Gasteiger partial charge >= 0.3 is 0 Å². The molecule has 0 bridgehead atoms. The van der Waals surface area contributed by atoms with Crippen LogP contribution in [0.1, 0.15) is 25.0 Å². The van der Waals surface area contributed by atoms with Gasteiger partial charge in [0.1, 0.15) is 5.92 Å². The van der Waals surface area contributed by atoms with Crippen molar-refractivity contribution in [1.82, 2.24) is 0 Å². The minimum atomic E-state index is -0.463. The first-order valence-electron chi connectivity index (χ1n) is 8.14. The molecule has 2 aromatic rings. The van der Waals surface area contributed by atoms with Crippen LogP contribution in [0.4, 0.5) is 5.69 Å². The van der Waals surface area contributed by atoms with E-state index in [-0.39, 0.29) is 5.91 Å². The maximum Gasteiger partial charge on any atom is 0.262 e. The number of hydrogen-bond donors (Lipinski definition) is 0. The molecule has 126 valence electrons. The molecule has 3 rings (SSSR count). The molecule has 1 amide bonds. The Bertz CT molecular complexity index is 851. The number of carbonyl (C=O) groups is 1. The van der Waals surface area contributed by atoms with Crippen molar-refractivity contribution >= 4 is 29.2 Å². The van der Waals surface area contributed by atoms with Gasteiger partial charge in [0.15, 0.2) is 0 Å².